The van der Waals surface area contributed by atoms with Crippen molar-refractivity contribution in [3.8, 4) is 5.75 Å². The molecule has 4 saturated carbocycles. The van der Waals surface area contributed by atoms with Crippen molar-refractivity contribution in [2.75, 3.05) is 21.9 Å². The van der Waals surface area contributed by atoms with Gasteiger partial charge in [-0.3, -0.25) is 9.10 Å². The molecule has 180 valence electrons. The SMILES string of the molecule is CCS(=O)(=O)N1C[C@H](C(=O)Nc2ccc(C34CC5CC(CC(C5)C3)C4)cc2)Oc2ccccc21. The molecule has 5 aliphatic rings. The molecule has 2 aromatic rings. The number of rotatable bonds is 5. The molecule has 2 aromatic carbocycles. The van der Waals surface area contributed by atoms with E-state index in [4.69, 9.17) is 4.74 Å². The standard InChI is InChI=1S/C27H32N2O4S/c1-2-34(31,32)29-17-25(33-24-6-4-3-5-23(24)29)26(30)28-22-9-7-21(8-10-22)27-14-18-11-19(15-27)13-20(12-18)16-27/h3-10,18-20,25H,2,11-17H2,1H3,(H,28,30)/t18?,19?,20?,25-,27?/m1/s1. The highest BCUT2D eigenvalue weighted by Crippen LogP contribution is 2.60. The van der Waals surface area contributed by atoms with Gasteiger partial charge in [-0.05, 0) is 98.4 Å². The minimum absolute atomic E-state index is 0.0373. The molecule has 1 N–H and O–H groups in total. The number of nitrogens with zero attached hydrogens (tertiary/aromatic N) is 1. The van der Waals surface area contributed by atoms with E-state index in [2.05, 4.69) is 17.4 Å². The van der Waals surface area contributed by atoms with Crippen LogP contribution < -0.4 is 14.4 Å². The first kappa shape index (κ1) is 22.0. The third-order valence-electron chi connectivity index (χ3n) is 8.53. The molecule has 1 aliphatic heterocycles. The molecule has 34 heavy (non-hydrogen) atoms. The van der Waals surface area contributed by atoms with E-state index in [-0.39, 0.29) is 18.2 Å². The number of fused-ring (bicyclic) bond motifs is 1. The maximum Gasteiger partial charge on any atom is 0.267 e. The summed E-state index contributed by atoms with van der Waals surface area (Å²) in [4.78, 5) is 13.1. The van der Waals surface area contributed by atoms with E-state index in [1.165, 1.54) is 48.4 Å². The first-order valence-electron chi connectivity index (χ1n) is 12.5. The third kappa shape index (κ3) is 3.69. The van der Waals surface area contributed by atoms with Crippen LogP contribution in [0.2, 0.25) is 0 Å². The van der Waals surface area contributed by atoms with Crippen molar-refractivity contribution in [2.24, 2.45) is 17.8 Å². The van der Waals surface area contributed by atoms with Gasteiger partial charge >= 0.3 is 0 Å². The van der Waals surface area contributed by atoms with Crippen LogP contribution >= 0.6 is 0 Å². The van der Waals surface area contributed by atoms with Crippen LogP contribution in [0.3, 0.4) is 0 Å². The van der Waals surface area contributed by atoms with Crippen molar-refractivity contribution < 1.29 is 17.9 Å². The number of carbonyl (C=O) groups excluding carboxylic acids is 1. The number of anilines is 2. The van der Waals surface area contributed by atoms with Gasteiger partial charge in [-0.2, -0.15) is 0 Å². The topological polar surface area (TPSA) is 75.7 Å². The highest BCUT2D eigenvalue weighted by Gasteiger charge is 2.51. The van der Waals surface area contributed by atoms with Gasteiger partial charge in [-0.25, -0.2) is 8.42 Å². The molecule has 6 nitrogen and oxygen atoms in total. The predicted molar refractivity (Wildman–Crippen MR) is 133 cm³/mol. The van der Waals surface area contributed by atoms with Gasteiger partial charge in [0.2, 0.25) is 10.0 Å². The molecule has 0 aromatic heterocycles. The van der Waals surface area contributed by atoms with Crippen molar-refractivity contribution in [3.05, 3.63) is 54.1 Å². The Balaban J connectivity index is 1.19. The Morgan fingerprint density at radius 1 is 1.00 bits per heavy atom. The minimum atomic E-state index is -3.53. The number of hydrogen-bond donors (Lipinski definition) is 1. The summed E-state index contributed by atoms with van der Waals surface area (Å²) in [7, 11) is -3.53. The van der Waals surface area contributed by atoms with E-state index in [1.54, 1.807) is 31.2 Å². The fourth-order valence-electron chi connectivity index (χ4n) is 7.35. The van der Waals surface area contributed by atoms with Crippen LogP contribution in [0, 0.1) is 17.8 Å². The molecule has 0 spiro atoms. The summed E-state index contributed by atoms with van der Waals surface area (Å²) in [6.07, 6.45) is 7.26. The number of nitrogens with one attached hydrogen (secondary N) is 1. The first-order valence-corrected chi connectivity index (χ1v) is 14.1. The zero-order valence-corrected chi connectivity index (χ0v) is 20.4. The number of ether oxygens (including phenoxy) is 1. The van der Waals surface area contributed by atoms with Crippen LogP contribution in [0.25, 0.3) is 0 Å². The van der Waals surface area contributed by atoms with Gasteiger partial charge in [0.15, 0.2) is 6.10 Å². The van der Waals surface area contributed by atoms with Crippen LogP contribution in [0.5, 0.6) is 5.75 Å². The van der Waals surface area contributed by atoms with Gasteiger partial charge in [0.05, 0.1) is 18.0 Å². The lowest BCUT2D eigenvalue weighted by molar-refractivity contribution is -0.122. The van der Waals surface area contributed by atoms with Gasteiger partial charge in [0, 0.05) is 5.69 Å². The highest BCUT2D eigenvalue weighted by molar-refractivity contribution is 7.92. The number of amides is 1. The van der Waals surface area contributed by atoms with Gasteiger partial charge in [0.1, 0.15) is 5.75 Å². The zero-order chi connectivity index (χ0) is 23.5. The highest BCUT2D eigenvalue weighted by atomic mass is 32.2. The normalized spacial score (nSPS) is 31.6. The maximum atomic E-state index is 13.1. The molecule has 0 radical (unpaired) electrons. The van der Waals surface area contributed by atoms with Crippen molar-refractivity contribution in [2.45, 2.75) is 57.0 Å². The maximum absolute atomic E-state index is 13.1. The first-order chi connectivity index (χ1) is 16.3. The summed E-state index contributed by atoms with van der Waals surface area (Å²) in [6.45, 7) is 1.57. The van der Waals surface area contributed by atoms with Gasteiger partial charge in [-0.1, -0.05) is 24.3 Å². The number of hydrogen-bond acceptors (Lipinski definition) is 4. The van der Waals surface area contributed by atoms with Crippen LogP contribution in [-0.2, 0) is 20.2 Å². The Morgan fingerprint density at radius 3 is 2.24 bits per heavy atom. The average Bonchev–Trinajstić information content (AvgIpc) is 2.83. The summed E-state index contributed by atoms with van der Waals surface area (Å²) in [5, 5.41) is 2.95. The molecule has 0 saturated heterocycles. The molecule has 7 rings (SSSR count). The zero-order valence-electron chi connectivity index (χ0n) is 19.6. The van der Waals surface area contributed by atoms with Crippen LogP contribution in [-0.4, -0.2) is 32.7 Å². The van der Waals surface area contributed by atoms with E-state index < -0.39 is 16.1 Å². The molecule has 0 unspecified atom stereocenters. The molecule has 7 heteroatoms. The van der Waals surface area contributed by atoms with Crippen molar-refractivity contribution in [1.29, 1.82) is 0 Å². The summed E-state index contributed by atoms with van der Waals surface area (Å²) >= 11 is 0. The molecule has 1 heterocycles. The van der Waals surface area contributed by atoms with Crippen molar-refractivity contribution >= 4 is 27.3 Å². The molecule has 4 aliphatic carbocycles. The van der Waals surface area contributed by atoms with Crippen LogP contribution in [0.4, 0.5) is 11.4 Å². The lowest BCUT2D eigenvalue weighted by atomic mass is 9.48. The predicted octanol–water partition coefficient (Wildman–Crippen LogP) is 4.71. The summed E-state index contributed by atoms with van der Waals surface area (Å²) in [6, 6.07) is 15.3. The second-order valence-corrected chi connectivity index (χ2v) is 13.0. The second-order valence-electron chi connectivity index (χ2n) is 10.8. The largest absolute Gasteiger partial charge is 0.476 e. The smallest absolute Gasteiger partial charge is 0.267 e. The second kappa shape index (κ2) is 8.01. The number of sulfonamides is 1. The third-order valence-corrected chi connectivity index (χ3v) is 10.3. The van der Waals surface area contributed by atoms with Crippen molar-refractivity contribution in [3.63, 3.8) is 0 Å². The molecular formula is C27H32N2O4S. The molecule has 4 fully saturated rings. The van der Waals surface area contributed by atoms with E-state index in [1.807, 2.05) is 12.1 Å². The Labute approximate surface area is 201 Å². The number of carbonyl (C=O) groups is 1. The molecular weight excluding hydrogens is 448 g/mol. The Bertz CT molecular complexity index is 1170. The van der Waals surface area contributed by atoms with Crippen molar-refractivity contribution in [1.82, 2.24) is 0 Å². The van der Waals surface area contributed by atoms with E-state index in [0.717, 1.165) is 17.8 Å². The Kier molecular flexibility index (Phi) is 5.17. The number of para-hydroxylation sites is 2. The van der Waals surface area contributed by atoms with Gasteiger partial charge in [-0.15, -0.1) is 0 Å². The van der Waals surface area contributed by atoms with Gasteiger partial charge in [0.25, 0.3) is 5.91 Å². The summed E-state index contributed by atoms with van der Waals surface area (Å²) in [5.74, 6) is 2.69. The minimum Gasteiger partial charge on any atom is -0.476 e. The Hall–Kier alpha value is -2.54. The molecule has 1 atom stereocenters. The van der Waals surface area contributed by atoms with E-state index in [9.17, 15) is 13.2 Å². The fourth-order valence-corrected chi connectivity index (χ4v) is 8.48. The Morgan fingerprint density at radius 2 is 1.62 bits per heavy atom. The van der Waals surface area contributed by atoms with E-state index in [0.29, 0.717) is 22.5 Å². The fraction of sp³-hybridized carbons (Fsp3) is 0.519. The van der Waals surface area contributed by atoms with Gasteiger partial charge < -0.3 is 10.1 Å². The lowest BCUT2D eigenvalue weighted by Crippen LogP contribution is -2.49. The molecule has 4 bridgehead atoms. The van der Waals surface area contributed by atoms with Crippen LogP contribution in [0.1, 0.15) is 51.0 Å². The molecule has 1 amide bonds. The lowest BCUT2D eigenvalue weighted by Gasteiger charge is -2.57. The summed E-state index contributed by atoms with van der Waals surface area (Å²) in [5.41, 5.74) is 2.93. The number of benzene rings is 2. The quantitative estimate of drug-likeness (QED) is 0.673. The van der Waals surface area contributed by atoms with Crippen LogP contribution in [0.15, 0.2) is 48.5 Å². The summed E-state index contributed by atoms with van der Waals surface area (Å²) < 4.78 is 32.6. The monoisotopic (exact) mass is 480 g/mol. The average molecular weight is 481 g/mol. The van der Waals surface area contributed by atoms with E-state index >= 15 is 0 Å².